The highest BCUT2D eigenvalue weighted by molar-refractivity contribution is 7.99. The van der Waals surface area contributed by atoms with Crippen LogP contribution in [0.4, 0.5) is 0 Å². The van der Waals surface area contributed by atoms with E-state index in [1.807, 2.05) is 24.3 Å². The molecule has 23 heavy (non-hydrogen) atoms. The molecule has 0 aromatic heterocycles. The van der Waals surface area contributed by atoms with Crippen molar-refractivity contribution in [2.75, 3.05) is 26.2 Å². The minimum absolute atomic E-state index is 0.0155. The number of hydrogen-bond donors (Lipinski definition) is 1. The summed E-state index contributed by atoms with van der Waals surface area (Å²) in [5.41, 5.74) is 0.716. The van der Waals surface area contributed by atoms with Crippen LogP contribution >= 0.6 is 11.8 Å². The lowest BCUT2D eigenvalue weighted by Gasteiger charge is -2.35. The maximum absolute atomic E-state index is 12.3. The molecule has 2 aliphatic rings. The number of thioether (sulfide) groups is 1. The summed E-state index contributed by atoms with van der Waals surface area (Å²) in [7, 11) is 0. The molecule has 126 valence electrons. The molecule has 2 aliphatic heterocycles. The number of ether oxygens (including phenoxy) is 1. The van der Waals surface area contributed by atoms with Crippen LogP contribution in [-0.2, 0) is 4.74 Å². The van der Waals surface area contributed by atoms with Crippen molar-refractivity contribution in [3.8, 4) is 0 Å². The lowest BCUT2D eigenvalue weighted by molar-refractivity contribution is -0.0461. The number of nitrogens with zero attached hydrogens (tertiary/aromatic N) is 1. The third-order valence-corrected chi connectivity index (χ3v) is 5.46. The molecule has 5 heteroatoms. The Morgan fingerprint density at radius 1 is 1.39 bits per heavy atom. The Bertz CT molecular complexity index is 532. The van der Waals surface area contributed by atoms with Crippen LogP contribution in [0.3, 0.4) is 0 Å². The fourth-order valence-electron chi connectivity index (χ4n) is 3.27. The molecule has 2 fully saturated rings. The van der Waals surface area contributed by atoms with Gasteiger partial charge in [0.1, 0.15) is 0 Å². The van der Waals surface area contributed by atoms with Crippen molar-refractivity contribution in [2.45, 2.75) is 49.0 Å². The third kappa shape index (κ3) is 4.49. The van der Waals surface area contributed by atoms with E-state index in [4.69, 9.17) is 4.74 Å². The molecule has 1 amide bonds. The molecular weight excluding hydrogens is 308 g/mol. The molecule has 0 spiro atoms. The van der Waals surface area contributed by atoms with Crippen molar-refractivity contribution in [3.05, 3.63) is 29.8 Å². The number of rotatable bonds is 5. The van der Waals surface area contributed by atoms with E-state index < -0.39 is 0 Å². The van der Waals surface area contributed by atoms with Crippen molar-refractivity contribution in [3.63, 3.8) is 0 Å². The van der Waals surface area contributed by atoms with Crippen LogP contribution in [0.2, 0.25) is 0 Å². The molecule has 4 nitrogen and oxygen atoms in total. The average Bonchev–Trinajstić information content (AvgIpc) is 3.00. The van der Waals surface area contributed by atoms with Gasteiger partial charge in [0.25, 0.3) is 5.91 Å². The first-order valence-electron chi connectivity index (χ1n) is 8.52. The molecule has 3 rings (SSSR count). The van der Waals surface area contributed by atoms with E-state index >= 15 is 0 Å². The lowest BCUT2D eigenvalue weighted by atomic mass is 10.1. The van der Waals surface area contributed by atoms with Gasteiger partial charge in [-0.25, -0.2) is 0 Å². The van der Waals surface area contributed by atoms with Crippen LogP contribution in [0.15, 0.2) is 29.2 Å². The van der Waals surface area contributed by atoms with Crippen LogP contribution in [-0.4, -0.2) is 54.4 Å². The van der Waals surface area contributed by atoms with E-state index in [9.17, 15) is 4.79 Å². The normalized spacial score (nSPS) is 24.7. The Hall–Kier alpha value is -1.04. The minimum atomic E-state index is -0.0155. The van der Waals surface area contributed by atoms with E-state index in [0.717, 1.165) is 13.2 Å². The number of benzene rings is 1. The number of morpholine rings is 1. The van der Waals surface area contributed by atoms with Crippen LogP contribution in [0.1, 0.15) is 37.0 Å². The number of carbonyl (C=O) groups is 1. The molecule has 1 N–H and O–H groups in total. The second-order valence-corrected chi connectivity index (χ2v) is 8.30. The lowest BCUT2D eigenvalue weighted by Crippen LogP contribution is -2.50. The van der Waals surface area contributed by atoms with Crippen molar-refractivity contribution >= 4 is 17.7 Å². The zero-order chi connectivity index (χ0) is 16.2. The van der Waals surface area contributed by atoms with Crippen LogP contribution in [0.25, 0.3) is 0 Å². The van der Waals surface area contributed by atoms with Crippen molar-refractivity contribution in [2.24, 2.45) is 0 Å². The monoisotopic (exact) mass is 334 g/mol. The summed E-state index contributed by atoms with van der Waals surface area (Å²) >= 11 is 1.81. The standard InChI is InChI=1S/C18H26N2O2S/c1-13(2)23-17-7-5-14(6-8-17)18(21)19-10-16-11-20-9-3-4-15(20)12-22-16/h5-8,13,15-16H,3-4,9-12H2,1-2H3,(H,19,21)/t15-,16+/m1/s1. The topological polar surface area (TPSA) is 41.6 Å². The SMILES string of the molecule is CC(C)Sc1ccc(C(=O)NC[C@H]2CN3CCC[C@@H]3CO2)cc1. The number of hydrogen-bond acceptors (Lipinski definition) is 4. The van der Waals surface area contributed by atoms with E-state index in [1.165, 1.54) is 24.3 Å². The van der Waals surface area contributed by atoms with Gasteiger partial charge in [-0.1, -0.05) is 13.8 Å². The highest BCUT2D eigenvalue weighted by atomic mass is 32.2. The van der Waals surface area contributed by atoms with Gasteiger partial charge in [0.05, 0.1) is 12.7 Å². The molecule has 2 saturated heterocycles. The van der Waals surface area contributed by atoms with Gasteiger partial charge in [-0.2, -0.15) is 0 Å². The van der Waals surface area contributed by atoms with Gasteiger partial charge in [-0.3, -0.25) is 9.69 Å². The number of fused-ring (bicyclic) bond motifs is 1. The Morgan fingerprint density at radius 2 is 2.17 bits per heavy atom. The highest BCUT2D eigenvalue weighted by Gasteiger charge is 2.32. The Balaban J connectivity index is 1.47. The Labute approximate surface area is 143 Å². The van der Waals surface area contributed by atoms with Gasteiger partial charge >= 0.3 is 0 Å². The Kier molecular flexibility index (Phi) is 5.62. The first-order valence-corrected chi connectivity index (χ1v) is 9.40. The summed E-state index contributed by atoms with van der Waals surface area (Å²) in [6.45, 7) is 7.84. The fraction of sp³-hybridized carbons (Fsp3) is 0.611. The molecule has 2 heterocycles. The summed E-state index contributed by atoms with van der Waals surface area (Å²) in [6.07, 6.45) is 2.64. The van der Waals surface area contributed by atoms with E-state index in [0.29, 0.717) is 23.4 Å². The van der Waals surface area contributed by atoms with E-state index in [1.54, 1.807) is 11.8 Å². The zero-order valence-electron chi connectivity index (χ0n) is 14.0. The zero-order valence-corrected chi connectivity index (χ0v) is 14.8. The third-order valence-electron chi connectivity index (χ3n) is 4.44. The number of amides is 1. The predicted molar refractivity (Wildman–Crippen MR) is 94.1 cm³/mol. The summed E-state index contributed by atoms with van der Waals surface area (Å²) in [4.78, 5) is 16.0. The van der Waals surface area contributed by atoms with Crippen LogP contribution < -0.4 is 5.32 Å². The summed E-state index contributed by atoms with van der Waals surface area (Å²) in [5.74, 6) is -0.0155. The van der Waals surface area contributed by atoms with Crippen molar-refractivity contribution in [1.29, 1.82) is 0 Å². The summed E-state index contributed by atoms with van der Waals surface area (Å²) in [6, 6.07) is 8.45. The maximum atomic E-state index is 12.3. The molecular formula is C18H26N2O2S. The Morgan fingerprint density at radius 3 is 2.91 bits per heavy atom. The minimum Gasteiger partial charge on any atom is -0.373 e. The van der Waals surface area contributed by atoms with Gasteiger partial charge in [-0.15, -0.1) is 11.8 Å². The van der Waals surface area contributed by atoms with E-state index in [-0.39, 0.29) is 12.0 Å². The van der Waals surface area contributed by atoms with Crippen molar-refractivity contribution < 1.29 is 9.53 Å². The molecule has 0 bridgehead atoms. The van der Waals surface area contributed by atoms with Gasteiger partial charge < -0.3 is 10.1 Å². The molecule has 0 radical (unpaired) electrons. The van der Waals surface area contributed by atoms with Gasteiger partial charge in [-0.05, 0) is 43.7 Å². The second kappa shape index (κ2) is 7.69. The largest absolute Gasteiger partial charge is 0.373 e. The highest BCUT2D eigenvalue weighted by Crippen LogP contribution is 2.23. The molecule has 0 aliphatic carbocycles. The fourth-order valence-corrected chi connectivity index (χ4v) is 4.11. The van der Waals surface area contributed by atoms with Crippen LogP contribution in [0, 0.1) is 0 Å². The maximum Gasteiger partial charge on any atom is 0.251 e. The summed E-state index contributed by atoms with van der Waals surface area (Å²) in [5, 5.41) is 3.56. The number of carbonyl (C=O) groups excluding carboxylic acids is 1. The quantitative estimate of drug-likeness (QED) is 0.841. The average molecular weight is 334 g/mol. The summed E-state index contributed by atoms with van der Waals surface area (Å²) < 4.78 is 5.88. The molecule has 2 atom stereocenters. The number of nitrogens with one attached hydrogen (secondary N) is 1. The smallest absolute Gasteiger partial charge is 0.251 e. The first-order chi connectivity index (χ1) is 11.1. The first kappa shape index (κ1) is 16.8. The van der Waals surface area contributed by atoms with E-state index in [2.05, 4.69) is 24.1 Å². The van der Waals surface area contributed by atoms with Crippen molar-refractivity contribution in [1.82, 2.24) is 10.2 Å². The van der Waals surface area contributed by atoms with Gasteiger partial charge in [0.15, 0.2) is 0 Å². The van der Waals surface area contributed by atoms with Gasteiger partial charge in [0.2, 0.25) is 0 Å². The molecule has 0 unspecified atom stereocenters. The molecule has 1 aromatic carbocycles. The van der Waals surface area contributed by atoms with Crippen LogP contribution in [0.5, 0.6) is 0 Å². The molecule has 0 saturated carbocycles. The molecule has 1 aromatic rings. The second-order valence-electron chi connectivity index (χ2n) is 6.65. The van der Waals surface area contributed by atoms with Gasteiger partial charge in [0, 0.05) is 34.8 Å². The predicted octanol–water partition coefficient (Wildman–Crippen LogP) is 2.78.